The lowest BCUT2D eigenvalue weighted by molar-refractivity contribution is -0.114. The summed E-state index contributed by atoms with van der Waals surface area (Å²) in [5.41, 5.74) is 3.22. The molecule has 0 amide bonds. The molecule has 3 rings (SSSR count). The first-order valence-corrected chi connectivity index (χ1v) is 8.90. The van der Waals surface area contributed by atoms with E-state index in [1.165, 1.54) is 5.56 Å². The normalized spacial score (nSPS) is 11.5. The summed E-state index contributed by atoms with van der Waals surface area (Å²) in [4.78, 5) is 16.5. The molecular weight excluding hydrogens is 322 g/mol. The van der Waals surface area contributed by atoms with Crippen molar-refractivity contribution in [3.8, 4) is 5.75 Å². The maximum Gasteiger partial charge on any atom is 0.156 e. The van der Waals surface area contributed by atoms with E-state index in [1.807, 2.05) is 24.3 Å². The Morgan fingerprint density at radius 3 is 2.65 bits per heavy atom. The van der Waals surface area contributed by atoms with Gasteiger partial charge in [-0.1, -0.05) is 37.3 Å². The smallest absolute Gasteiger partial charge is 0.156 e. The summed E-state index contributed by atoms with van der Waals surface area (Å²) < 4.78 is 5.26. The van der Waals surface area contributed by atoms with Gasteiger partial charge in [0.25, 0.3) is 0 Å². The van der Waals surface area contributed by atoms with Crippen LogP contribution >= 0.6 is 0 Å². The van der Waals surface area contributed by atoms with Crippen molar-refractivity contribution < 1.29 is 9.53 Å². The molecule has 26 heavy (non-hydrogen) atoms. The third-order valence-electron chi connectivity index (χ3n) is 4.52. The predicted octanol–water partition coefficient (Wildman–Crippen LogP) is 5.24. The lowest BCUT2D eigenvalue weighted by Crippen LogP contribution is -1.98. The molecule has 0 saturated heterocycles. The highest BCUT2D eigenvalue weighted by Crippen LogP contribution is 2.23. The summed E-state index contributed by atoms with van der Waals surface area (Å²) in [6.07, 6.45) is 7.37. The van der Waals surface area contributed by atoms with E-state index in [0.29, 0.717) is 6.42 Å². The summed E-state index contributed by atoms with van der Waals surface area (Å²) in [6, 6.07) is 16.2. The second-order valence-corrected chi connectivity index (χ2v) is 6.28. The molecule has 0 spiro atoms. The second-order valence-electron chi connectivity index (χ2n) is 6.28. The van der Waals surface area contributed by atoms with Gasteiger partial charge in [0.1, 0.15) is 5.75 Å². The Kier molecular flexibility index (Phi) is 5.80. The van der Waals surface area contributed by atoms with Gasteiger partial charge in [0, 0.05) is 18.8 Å². The molecule has 0 saturated carbocycles. The average Bonchev–Trinajstić information content (AvgIpc) is 2.70. The molecule has 3 nitrogen and oxygen atoms in total. The van der Waals surface area contributed by atoms with Crippen LogP contribution in [0.15, 0.2) is 67.0 Å². The van der Waals surface area contributed by atoms with Gasteiger partial charge >= 0.3 is 0 Å². The SMILES string of the molecule is CCC(=CC(=O)CCc1ccc2cc(OC)ccc2c1)c1cccnc1. The number of aromatic nitrogens is 1. The zero-order chi connectivity index (χ0) is 18.4. The molecule has 0 radical (unpaired) electrons. The number of carbonyl (C=O) groups excluding carboxylic acids is 1. The van der Waals surface area contributed by atoms with Crippen molar-refractivity contribution in [1.29, 1.82) is 0 Å². The van der Waals surface area contributed by atoms with Gasteiger partial charge in [0.15, 0.2) is 5.78 Å². The van der Waals surface area contributed by atoms with Crippen LogP contribution < -0.4 is 4.74 Å². The standard InChI is InChI=1S/C23H23NO2/c1-3-18(21-5-4-12-24-16-21)14-22(25)10-7-17-6-8-20-15-23(26-2)11-9-19(20)13-17/h4-6,8-9,11-16H,3,7,10H2,1-2H3. The van der Waals surface area contributed by atoms with Crippen molar-refractivity contribution >= 4 is 22.1 Å². The van der Waals surface area contributed by atoms with Crippen molar-refractivity contribution in [1.82, 2.24) is 4.98 Å². The fourth-order valence-corrected chi connectivity index (χ4v) is 3.03. The Balaban J connectivity index is 1.69. The van der Waals surface area contributed by atoms with Gasteiger partial charge in [-0.05, 0) is 64.6 Å². The molecule has 0 N–H and O–H groups in total. The number of ether oxygens (including phenoxy) is 1. The van der Waals surface area contributed by atoms with Gasteiger partial charge < -0.3 is 4.74 Å². The summed E-state index contributed by atoms with van der Waals surface area (Å²) >= 11 is 0. The number of aryl methyl sites for hydroxylation is 1. The molecule has 3 heteroatoms. The van der Waals surface area contributed by atoms with Crippen molar-refractivity contribution in [3.63, 3.8) is 0 Å². The molecule has 0 fully saturated rings. The largest absolute Gasteiger partial charge is 0.497 e. The van der Waals surface area contributed by atoms with E-state index in [-0.39, 0.29) is 5.78 Å². The van der Waals surface area contributed by atoms with Crippen LogP contribution in [0.4, 0.5) is 0 Å². The monoisotopic (exact) mass is 345 g/mol. The minimum Gasteiger partial charge on any atom is -0.497 e. The van der Waals surface area contributed by atoms with Crippen LogP contribution in [0.5, 0.6) is 5.75 Å². The molecule has 2 aromatic carbocycles. The first-order valence-electron chi connectivity index (χ1n) is 8.90. The molecule has 0 aliphatic carbocycles. The van der Waals surface area contributed by atoms with Gasteiger partial charge in [0.2, 0.25) is 0 Å². The van der Waals surface area contributed by atoms with Crippen molar-refractivity contribution in [2.45, 2.75) is 26.2 Å². The van der Waals surface area contributed by atoms with Crippen LogP contribution in [0.2, 0.25) is 0 Å². The van der Waals surface area contributed by atoms with E-state index in [0.717, 1.165) is 40.5 Å². The Labute approximate surface area is 154 Å². The van der Waals surface area contributed by atoms with Crippen LogP contribution in [-0.2, 0) is 11.2 Å². The summed E-state index contributed by atoms with van der Waals surface area (Å²) in [7, 11) is 1.67. The van der Waals surface area contributed by atoms with Gasteiger partial charge in [-0.2, -0.15) is 0 Å². The number of ketones is 1. The average molecular weight is 345 g/mol. The van der Waals surface area contributed by atoms with Crippen LogP contribution in [0, 0.1) is 0 Å². The highest BCUT2D eigenvalue weighted by molar-refractivity contribution is 5.96. The maximum atomic E-state index is 12.4. The molecular formula is C23H23NO2. The maximum absolute atomic E-state index is 12.4. The third-order valence-corrected chi connectivity index (χ3v) is 4.52. The summed E-state index contributed by atoms with van der Waals surface area (Å²) in [5, 5.41) is 2.31. The Morgan fingerprint density at radius 2 is 1.92 bits per heavy atom. The third kappa shape index (κ3) is 4.37. The Morgan fingerprint density at radius 1 is 1.12 bits per heavy atom. The fourth-order valence-electron chi connectivity index (χ4n) is 3.03. The van der Waals surface area contributed by atoms with E-state index in [4.69, 9.17) is 4.74 Å². The van der Waals surface area contributed by atoms with Crippen molar-refractivity contribution in [2.24, 2.45) is 0 Å². The number of hydrogen-bond acceptors (Lipinski definition) is 3. The number of methoxy groups -OCH3 is 1. The Bertz CT molecular complexity index is 929. The minimum atomic E-state index is 0.153. The van der Waals surface area contributed by atoms with Crippen LogP contribution in [0.3, 0.4) is 0 Å². The molecule has 0 unspecified atom stereocenters. The zero-order valence-electron chi connectivity index (χ0n) is 15.2. The summed E-state index contributed by atoms with van der Waals surface area (Å²) in [5.74, 6) is 1.01. The topological polar surface area (TPSA) is 39.2 Å². The zero-order valence-corrected chi connectivity index (χ0v) is 15.2. The van der Waals surface area contributed by atoms with Gasteiger partial charge in [-0.15, -0.1) is 0 Å². The van der Waals surface area contributed by atoms with E-state index >= 15 is 0 Å². The van der Waals surface area contributed by atoms with Crippen LogP contribution in [-0.4, -0.2) is 17.9 Å². The molecule has 0 aliphatic heterocycles. The van der Waals surface area contributed by atoms with Crippen molar-refractivity contribution in [2.75, 3.05) is 7.11 Å². The van der Waals surface area contributed by atoms with E-state index in [9.17, 15) is 4.79 Å². The molecule has 3 aromatic rings. The van der Waals surface area contributed by atoms with Gasteiger partial charge in [0.05, 0.1) is 7.11 Å². The number of allylic oxidation sites excluding steroid dienone is 2. The number of hydrogen-bond donors (Lipinski definition) is 0. The number of pyridine rings is 1. The minimum absolute atomic E-state index is 0.153. The molecule has 1 heterocycles. The van der Waals surface area contributed by atoms with Crippen LogP contribution in [0.25, 0.3) is 16.3 Å². The van der Waals surface area contributed by atoms with E-state index < -0.39 is 0 Å². The van der Waals surface area contributed by atoms with Gasteiger partial charge in [-0.3, -0.25) is 9.78 Å². The van der Waals surface area contributed by atoms with Gasteiger partial charge in [-0.25, -0.2) is 0 Å². The lowest BCUT2D eigenvalue weighted by atomic mass is 10.00. The molecule has 0 atom stereocenters. The van der Waals surface area contributed by atoms with Crippen LogP contribution in [0.1, 0.15) is 30.9 Å². The quantitative estimate of drug-likeness (QED) is 0.550. The summed E-state index contributed by atoms with van der Waals surface area (Å²) in [6.45, 7) is 2.06. The number of benzene rings is 2. The van der Waals surface area contributed by atoms with Crippen molar-refractivity contribution in [3.05, 3.63) is 78.1 Å². The number of fused-ring (bicyclic) bond motifs is 1. The molecule has 0 bridgehead atoms. The lowest BCUT2D eigenvalue weighted by Gasteiger charge is -2.06. The molecule has 0 aliphatic rings. The molecule has 1 aromatic heterocycles. The first kappa shape index (κ1) is 17.9. The number of carbonyl (C=O) groups is 1. The first-order chi connectivity index (χ1) is 12.7. The van der Waals surface area contributed by atoms with E-state index in [2.05, 4.69) is 36.2 Å². The number of rotatable bonds is 7. The fraction of sp³-hybridized carbons (Fsp3) is 0.217. The van der Waals surface area contributed by atoms with E-state index in [1.54, 1.807) is 25.6 Å². The highest BCUT2D eigenvalue weighted by Gasteiger charge is 2.05. The Hall–Kier alpha value is -2.94. The highest BCUT2D eigenvalue weighted by atomic mass is 16.5. The molecule has 132 valence electrons. The number of nitrogens with zero attached hydrogens (tertiary/aromatic N) is 1. The second kappa shape index (κ2) is 8.43. The predicted molar refractivity (Wildman–Crippen MR) is 106 cm³/mol.